The van der Waals surface area contributed by atoms with Gasteiger partial charge in [-0.2, -0.15) is 4.68 Å². The SMILES string of the molecule is FC(F)(F)Oc1ccc(N/C=C/c2nnnn2-c2ccc(Cl)cc2)cc1. The average Bonchev–Trinajstić information content (AvgIpc) is 3.04. The minimum atomic E-state index is -4.71. The van der Waals surface area contributed by atoms with E-state index in [1.807, 2.05) is 0 Å². The molecule has 0 bridgehead atoms. The van der Waals surface area contributed by atoms with Gasteiger partial charge in [0, 0.05) is 23.0 Å². The molecule has 0 atom stereocenters. The molecule has 0 saturated carbocycles. The van der Waals surface area contributed by atoms with Gasteiger partial charge in [-0.25, -0.2) is 0 Å². The zero-order chi connectivity index (χ0) is 18.6. The fourth-order valence-electron chi connectivity index (χ4n) is 2.03. The van der Waals surface area contributed by atoms with Gasteiger partial charge in [0.05, 0.1) is 5.69 Å². The molecule has 26 heavy (non-hydrogen) atoms. The van der Waals surface area contributed by atoms with Crippen molar-refractivity contribution < 1.29 is 17.9 Å². The molecule has 3 rings (SSSR count). The van der Waals surface area contributed by atoms with Crippen molar-refractivity contribution in [2.45, 2.75) is 6.36 Å². The van der Waals surface area contributed by atoms with E-state index in [1.165, 1.54) is 28.9 Å². The molecule has 0 fully saturated rings. The van der Waals surface area contributed by atoms with Crippen LogP contribution in [0.4, 0.5) is 18.9 Å². The van der Waals surface area contributed by atoms with Crippen LogP contribution < -0.4 is 10.1 Å². The van der Waals surface area contributed by atoms with Crippen LogP contribution in [0.5, 0.6) is 5.75 Å². The summed E-state index contributed by atoms with van der Waals surface area (Å²) in [5.41, 5.74) is 1.30. The molecule has 3 aromatic rings. The minimum absolute atomic E-state index is 0.293. The Hall–Kier alpha value is -3.07. The van der Waals surface area contributed by atoms with Gasteiger partial charge in [0.15, 0.2) is 5.82 Å². The second-order valence-electron chi connectivity index (χ2n) is 4.98. The monoisotopic (exact) mass is 381 g/mol. The van der Waals surface area contributed by atoms with E-state index in [-0.39, 0.29) is 5.75 Å². The van der Waals surface area contributed by atoms with Gasteiger partial charge < -0.3 is 10.1 Å². The predicted molar refractivity (Wildman–Crippen MR) is 89.9 cm³/mol. The lowest BCUT2D eigenvalue weighted by molar-refractivity contribution is -0.274. The number of halogens is 4. The Labute approximate surface area is 150 Å². The summed E-state index contributed by atoms with van der Waals surface area (Å²) in [6, 6.07) is 12.3. The van der Waals surface area contributed by atoms with Crippen LogP contribution in [0.15, 0.2) is 54.7 Å². The number of benzene rings is 2. The Morgan fingerprint density at radius 3 is 2.38 bits per heavy atom. The molecule has 10 heteroatoms. The van der Waals surface area contributed by atoms with E-state index >= 15 is 0 Å². The van der Waals surface area contributed by atoms with Gasteiger partial charge in [-0.15, -0.1) is 18.3 Å². The summed E-state index contributed by atoms with van der Waals surface area (Å²) in [5, 5.41) is 14.9. The van der Waals surface area contributed by atoms with Crippen LogP contribution in [0.25, 0.3) is 11.8 Å². The first-order chi connectivity index (χ1) is 12.4. The molecule has 1 aromatic heterocycles. The zero-order valence-electron chi connectivity index (χ0n) is 13.0. The smallest absolute Gasteiger partial charge is 0.406 e. The maximum Gasteiger partial charge on any atom is 0.573 e. The van der Waals surface area contributed by atoms with Crippen LogP contribution in [-0.4, -0.2) is 26.6 Å². The lowest BCUT2D eigenvalue weighted by Gasteiger charge is -2.09. The van der Waals surface area contributed by atoms with Crippen molar-refractivity contribution in [3.63, 3.8) is 0 Å². The quantitative estimate of drug-likeness (QED) is 0.714. The second kappa shape index (κ2) is 7.44. The number of nitrogens with one attached hydrogen (secondary N) is 1. The molecule has 0 aliphatic heterocycles. The summed E-state index contributed by atoms with van der Waals surface area (Å²) in [4.78, 5) is 0. The van der Waals surface area contributed by atoms with E-state index in [1.54, 1.807) is 36.5 Å². The number of alkyl halides is 3. The second-order valence-corrected chi connectivity index (χ2v) is 5.41. The van der Waals surface area contributed by atoms with Crippen LogP contribution in [-0.2, 0) is 0 Å². The summed E-state index contributed by atoms with van der Waals surface area (Å²) >= 11 is 5.85. The van der Waals surface area contributed by atoms with E-state index in [0.29, 0.717) is 16.5 Å². The maximum absolute atomic E-state index is 12.1. The van der Waals surface area contributed by atoms with Crippen molar-refractivity contribution in [1.29, 1.82) is 0 Å². The molecule has 0 amide bonds. The highest BCUT2D eigenvalue weighted by Crippen LogP contribution is 2.24. The van der Waals surface area contributed by atoms with E-state index in [4.69, 9.17) is 11.6 Å². The number of rotatable bonds is 5. The molecule has 0 spiro atoms. The van der Waals surface area contributed by atoms with Crippen molar-refractivity contribution in [2.75, 3.05) is 5.32 Å². The number of nitrogens with zero attached hydrogens (tertiary/aromatic N) is 4. The molecule has 0 aliphatic carbocycles. The Morgan fingerprint density at radius 1 is 1.04 bits per heavy atom. The normalized spacial score (nSPS) is 11.7. The lowest BCUT2D eigenvalue weighted by atomic mass is 10.3. The first-order valence-corrected chi connectivity index (χ1v) is 7.62. The Kier molecular flexibility index (Phi) is 5.08. The molecule has 0 saturated heterocycles. The number of tetrazole rings is 1. The number of hydrogen-bond acceptors (Lipinski definition) is 5. The van der Waals surface area contributed by atoms with Gasteiger partial charge in [-0.3, -0.25) is 0 Å². The van der Waals surface area contributed by atoms with Gasteiger partial charge in [-0.05, 0) is 59.0 Å². The van der Waals surface area contributed by atoms with Crippen LogP contribution in [0.1, 0.15) is 5.82 Å². The van der Waals surface area contributed by atoms with Crippen LogP contribution >= 0.6 is 11.6 Å². The van der Waals surface area contributed by atoms with Crippen LogP contribution in [0, 0.1) is 0 Å². The molecule has 2 aromatic carbocycles. The highest BCUT2D eigenvalue weighted by Gasteiger charge is 2.30. The van der Waals surface area contributed by atoms with Gasteiger partial charge in [0.2, 0.25) is 0 Å². The third kappa shape index (κ3) is 4.73. The van der Waals surface area contributed by atoms with E-state index < -0.39 is 6.36 Å². The molecule has 0 unspecified atom stereocenters. The van der Waals surface area contributed by atoms with Gasteiger partial charge in [0.25, 0.3) is 0 Å². The van der Waals surface area contributed by atoms with Crippen molar-refractivity contribution in [3.05, 3.63) is 65.6 Å². The number of anilines is 1. The Bertz CT molecular complexity index is 891. The Morgan fingerprint density at radius 2 is 1.73 bits per heavy atom. The lowest BCUT2D eigenvalue weighted by Crippen LogP contribution is -2.16. The number of hydrogen-bond donors (Lipinski definition) is 1. The fourth-order valence-corrected chi connectivity index (χ4v) is 2.16. The molecule has 1 N–H and O–H groups in total. The molecule has 134 valence electrons. The summed E-state index contributed by atoms with van der Waals surface area (Å²) in [6.07, 6.45) is -1.53. The molecular weight excluding hydrogens is 371 g/mol. The minimum Gasteiger partial charge on any atom is -0.406 e. The van der Waals surface area contributed by atoms with Gasteiger partial charge in [0.1, 0.15) is 5.75 Å². The largest absolute Gasteiger partial charge is 0.573 e. The third-order valence-corrected chi connectivity index (χ3v) is 3.39. The average molecular weight is 382 g/mol. The summed E-state index contributed by atoms with van der Waals surface area (Å²) < 4.78 is 41.7. The van der Waals surface area contributed by atoms with Crippen molar-refractivity contribution in [3.8, 4) is 11.4 Å². The molecule has 0 radical (unpaired) electrons. The Balaban J connectivity index is 1.66. The fraction of sp³-hybridized carbons (Fsp3) is 0.0625. The molecule has 0 aliphatic rings. The van der Waals surface area contributed by atoms with Crippen molar-refractivity contribution >= 4 is 23.4 Å². The summed E-state index contributed by atoms with van der Waals surface area (Å²) in [7, 11) is 0. The highest BCUT2D eigenvalue weighted by atomic mass is 35.5. The van der Waals surface area contributed by atoms with Gasteiger partial charge >= 0.3 is 6.36 Å². The standard InChI is InChI=1S/C16H11ClF3N5O/c17-11-1-5-13(6-2-11)25-15(22-23-24-25)9-10-21-12-3-7-14(8-4-12)26-16(18,19)20/h1-10,21H/b10-9+. The molecular formula is C16H11ClF3N5O. The number of aromatic nitrogens is 4. The first kappa shape index (κ1) is 17.7. The maximum atomic E-state index is 12.1. The highest BCUT2D eigenvalue weighted by molar-refractivity contribution is 6.30. The molecule has 1 heterocycles. The van der Waals surface area contributed by atoms with E-state index in [9.17, 15) is 13.2 Å². The first-order valence-electron chi connectivity index (χ1n) is 7.24. The summed E-state index contributed by atoms with van der Waals surface area (Å²) in [6.45, 7) is 0. The van der Waals surface area contributed by atoms with Crippen LogP contribution in [0.3, 0.4) is 0 Å². The van der Waals surface area contributed by atoms with E-state index in [0.717, 1.165) is 5.69 Å². The predicted octanol–water partition coefficient (Wildman–Crippen LogP) is 4.30. The van der Waals surface area contributed by atoms with Crippen molar-refractivity contribution in [1.82, 2.24) is 20.2 Å². The zero-order valence-corrected chi connectivity index (χ0v) is 13.7. The molecule has 6 nitrogen and oxygen atoms in total. The van der Waals surface area contributed by atoms with Crippen molar-refractivity contribution in [2.24, 2.45) is 0 Å². The van der Waals surface area contributed by atoms with E-state index in [2.05, 4.69) is 25.6 Å². The van der Waals surface area contributed by atoms with Crippen LogP contribution in [0.2, 0.25) is 5.02 Å². The topological polar surface area (TPSA) is 64.9 Å². The number of ether oxygens (including phenoxy) is 1. The van der Waals surface area contributed by atoms with Gasteiger partial charge in [-0.1, -0.05) is 11.6 Å². The third-order valence-electron chi connectivity index (χ3n) is 3.14. The summed E-state index contributed by atoms with van der Waals surface area (Å²) in [5.74, 6) is 0.163.